The molecule has 2 fully saturated rings. The summed E-state index contributed by atoms with van der Waals surface area (Å²) in [7, 11) is 0. The molecule has 3 heterocycles. The lowest BCUT2D eigenvalue weighted by molar-refractivity contribution is -0.0707. The van der Waals surface area contributed by atoms with Gasteiger partial charge in [-0.05, 0) is 64.2 Å². The first kappa shape index (κ1) is 23.9. The van der Waals surface area contributed by atoms with Crippen LogP contribution in [0.4, 0.5) is 10.3 Å². The topological polar surface area (TPSA) is 72.3 Å². The SMILES string of the molecule is C[C@@H]1CN(Cc2ccc([C@H](C)Nc3ncc4ccc(=O)n([C@@H](C)C5CC5)c4n3)cc2F)C[C@H](C)O1. The van der Waals surface area contributed by atoms with Crippen LogP contribution in [-0.2, 0) is 11.3 Å². The van der Waals surface area contributed by atoms with Crippen molar-refractivity contribution in [2.75, 3.05) is 18.4 Å². The van der Waals surface area contributed by atoms with Crippen LogP contribution in [0.15, 0.2) is 41.3 Å². The number of pyridine rings is 1. The molecule has 1 saturated carbocycles. The molecule has 8 heteroatoms. The summed E-state index contributed by atoms with van der Waals surface area (Å²) in [4.78, 5) is 24.0. The van der Waals surface area contributed by atoms with Gasteiger partial charge in [0.2, 0.25) is 5.95 Å². The molecule has 35 heavy (non-hydrogen) atoms. The van der Waals surface area contributed by atoms with E-state index < -0.39 is 0 Å². The van der Waals surface area contributed by atoms with Crippen molar-refractivity contribution < 1.29 is 9.13 Å². The van der Waals surface area contributed by atoms with Crippen LogP contribution in [-0.4, -0.2) is 44.7 Å². The Balaban J connectivity index is 1.33. The Hall–Kier alpha value is -2.84. The predicted octanol–water partition coefficient (Wildman–Crippen LogP) is 4.68. The number of ether oxygens (including phenoxy) is 1. The van der Waals surface area contributed by atoms with Gasteiger partial charge in [0.1, 0.15) is 11.5 Å². The van der Waals surface area contributed by atoms with Crippen LogP contribution < -0.4 is 10.9 Å². The maximum absolute atomic E-state index is 15.0. The number of morpholine rings is 1. The summed E-state index contributed by atoms with van der Waals surface area (Å²) < 4.78 is 22.6. The van der Waals surface area contributed by atoms with Gasteiger partial charge in [0.25, 0.3) is 5.56 Å². The van der Waals surface area contributed by atoms with E-state index in [2.05, 4.69) is 36.0 Å². The highest BCUT2D eigenvalue weighted by molar-refractivity contribution is 5.75. The Morgan fingerprint density at radius 1 is 1.14 bits per heavy atom. The molecule has 2 aliphatic rings. The highest BCUT2D eigenvalue weighted by atomic mass is 19.1. The van der Waals surface area contributed by atoms with E-state index >= 15 is 4.39 Å². The van der Waals surface area contributed by atoms with Gasteiger partial charge in [-0.25, -0.2) is 9.37 Å². The fraction of sp³-hybridized carbons (Fsp3) is 0.519. The molecule has 0 spiro atoms. The zero-order valence-electron chi connectivity index (χ0n) is 20.9. The molecule has 1 aromatic carbocycles. The van der Waals surface area contributed by atoms with Crippen LogP contribution in [0.2, 0.25) is 0 Å². The number of rotatable bonds is 7. The normalized spacial score (nSPS) is 22.8. The molecular weight excluding hydrogens is 445 g/mol. The van der Waals surface area contributed by atoms with Crippen LogP contribution in [0.1, 0.15) is 63.7 Å². The molecule has 1 saturated heterocycles. The molecule has 0 amide bonds. The van der Waals surface area contributed by atoms with Gasteiger partial charge >= 0.3 is 0 Å². The quantitative estimate of drug-likeness (QED) is 0.530. The lowest BCUT2D eigenvalue weighted by Crippen LogP contribution is -2.44. The monoisotopic (exact) mass is 479 g/mol. The second-order valence-electron chi connectivity index (χ2n) is 10.3. The molecule has 1 aliphatic heterocycles. The van der Waals surface area contributed by atoms with Crippen molar-refractivity contribution in [3.63, 3.8) is 0 Å². The minimum atomic E-state index is -0.213. The first-order valence-electron chi connectivity index (χ1n) is 12.6. The van der Waals surface area contributed by atoms with Gasteiger partial charge in [0.15, 0.2) is 0 Å². The molecule has 0 unspecified atom stereocenters. The van der Waals surface area contributed by atoms with Crippen molar-refractivity contribution in [3.8, 4) is 0 Å². The van der Waals surface area contributed by atoms with Gasteiger partial charge in [-0.15, -0.1) is 0 Å². The zero-order valence-corrected chi connectivity index (χ0v) is 20.9. The van der Waals surface area contributed by atoms with Crippen molar-refractivity contribution in [2.45, 2.75) is 71.4 Å². The molecule has 1 N–H and O–H groups in total. The minimum absolute atomic E-state index is 0.0451. The van der Waals surface area contributed by atoms with E-state index in [0.717, 1.165) is 36.9 Å². The third kappa shape index (κ3) is 5.23. The number of benzene rings is 1. The van der Waals surface area contributed by atoms with E-state index in [4.69, 9.17) is 9.72 Å². The third-order valence-corrected chi connectivity index (χ3v) is 7.19. The summed E-state index contributed by atoms with van der Waals surface area (Å²) in [6.45, 7) is 10.3. The molecule has 3 aromatic rings. The zero-order chi connectivity index (χ0) is 24.7. The smallest absolute Gasteiger partial charge is 0.252 e. The van der Waals surface area contributed by atoms with Crippen LogP contribution in [0.5, 0.6) is 0 Å². The van der Waals surface area contributed by atoms with Crippen molar-refractivity contribution in [2.24, 2.45) is 5.92 Å². The fourth-order valence-electron chi connectivity index (χ4n) is 5.18. The summed E-state index contributed by atoms with van der Waals surface area (Å²) in [6, 6.07) is 8.66. The first-order valence-corrected chi connectivity index (χ1v) is 12.6. The summed E-state index contributed by atoms with van der Waals surface area (Å²) >= 11 is 0. The second-order valence-corrected chi connectivity index (χ2v) is 10.3. The number of nitrogens with one attached hydrogen (secondary N) is 1. The maximum Gasteiger partial charge on any atom is 0.252 e. The van der Waals surface area contributed by atoms with E-state index in [1.165, 1.54) is 0 Å². The van der Waals surface area contributed by atoms with Crippen LogP contribution in [0.25, 0.3) is 11.0 Å². The van der Waals surface area contributed by atoms with E-state index in [-0.39, 0.29) is 35.7 Å². The molecule has 186 valence electrons. The van der Waals surface area contributed by atoms with Crippen LogP contribution in [0, 0.1) is 11.7 Å². The number of nitrogens with zero attached hydrogens (tertiary/aromatic N) is 4. The maximum atomic E-state index is 15.0. The van der Waals surface area contributed by atoms with Gasteiger partial charge in [-0.2, -0.15) is 4.98 Å². The Bertz CT molecular complexity index is 1260. The summed E-state index contributed by atoms with van der Waals surface area (Å²) in [5, 5.41) is 4.12. The average Bonchev–Trinajstić information content (AvgIpc) is 3.65. The van der Waals surface area contributed by atoms with Gasteiger partial charge in [0.05, 0.1) is 18.2 Å². The van der Waals surface area contributed by atoms with E-state index in [9.17, 15) is 4.79 Å². The summed E-state index contributed by atoms with van der Waals surface area (Å²) in [5.41, 5.74) is 2.09. The average molecular weight is 480 g/mol. The third-order valence-electron chi connectivity index (χ3n) is 7.19. The number of hydrogen-bond acceptors (Lipinski definition) is 6. The van der Waals surface area contributed by atoms with E-state index in [1.807, 2.05) is 19.1 Å². The molecule has 0 bridgehead atoms. The van der Waals surface area contributed by atoms with Crippen molar-refractivity contribution in [1.82, 2.24) is 19.4 Å². The Kier molecular flexibility index (Phi) is 6.59. The Morgan fingerprint density at radius 3 is 2.57 bits per heavy atom. The largest absolute Gasteiger partial charge is 0.373 e. The van der Waals surface area contributed by atoms with Gasteiger partial charge in [-0.3, -0.25) is 14.3 Å². The molecule has 4 atom stereocenters. The van der Waals surface area contributed by atoms with Gasteiger partial charge < -0.3 is 10.1 Å². The fourth-order valence-corrected chi connectivity index (χ4v) is 5.18. The second kappa shape index (κ2) is 9.66. The Labute approximate surface area is 205 Å². The van der Waals surface area contributed by atoms with Crippen LogP contribution >= 0.6 is 0 Å². The van der Waals surface area contributed by atoms with Crippen molar-refractivity contribution >= 4 is 17.0 Å². The van der Waals surface area contributed by atoms with E-state index in [0.29, 0.717) is 29.6 Å². The van der Waals surface area contributed by atoms with Gasteiger partial charge in [0, 0.05) is 48.9 Å². The molecule has 7 nitrogen and oxygen atoms in total. The van der Waals surface area contributed by atoms with Crippen molar-refractivity contribution in [3.05, 3.63) is 63.8 Å². The number of fused-ring (bicyclic) bond motifs is 1. The van der Waals surface area contributed by atoms with E-state index in [1.54, 1.807) is 29.0 Å². The summed E-state index contributed by atoms with van der Waals surface area (Å²) in [6.07, 6.45) is 4.32. The molecule has 1 aliphatic carbocycles. The standard InChI is InChI=1S/C27H34FN5O2/c1-16-13-32(14-17(2)35-16)15-23-8-7-21(11-24(23)28)18(3)30-27-29-12-22-9-10-25(34)33(26(22)31-27)19(4)20-5-6-20/h7-12,16-20H,5-6,13-15H2,1-4H3,(H,29,30,31)/t16-,17+,18-,19-/m0/s1. The number of anilines is 1. The Morgan fingerprint density at radius 2 is 1.89 bits per heavy atom. The molecule has 0 radical (unpaired) electrons. The number of aromatic nitrogens is 3. The number of hydrogen-bond donors (Lipinski definition) is 1. The van der Waals surface area contributed by atoms with Crippen LogP contribution in [0.3, 0.4) is 0 Å². The lowest BCUT2D eigenvalue weighted by Gasteiger charge is -2.35. The van der Waals surface area contributed by atoms with Gasteiger partial charge in [-0.1, -0.05) is 12.1 Å². The number of halogens is 1. The molecular formula is C27H34FN5O2. The summed E-state index contributed by atoms with van der Waals surface area (Å²) in [5.74, 6) is 0.733. The predicted molar refractivity (Wildman–Crippen MR) is 135 cm³/mol. The molecule has 2 aromatic heterocycles. The highest BCUT2D eigenvalue weighted by Crippen LogP contribution is 2.39. The first-order chi connectivity index (χ1) is 16.8. The highest BCUT2D eigenvalue weighted by Gasteiger charge is 2.31. The molecule has 5 rings (SSSR count). The lowest BCUT2D eigenvalue weighted by atomic mass is 10.0. The minimum Gasteiger partial charge on any atom is -0.373 e. The van der Waals surface area contributed by atoms with Crippen molar-refractivity contribution in [1.29, 1.82) is 0 Å².